The van der Waals surface area contributed by atoms with E-state index in [1.807, 2.05) is 68.4 Å². The number of hydrogen-bond acceptors (Lipinski definition) is 3. The SMILES string of the molecule is CCNC(=O)[C@@H](Cc1ccccc1)N(Cc1cccc(C)c1)C(=O)COc1ccc(Cl)cc1Cl. The molecule has 3 aromatic rings. The number of ether oxygens (including phenoxy) is 1. The van der Waals surface area contributed by atoms with Crippen LogP contribution in [-0.4, -0.2) is 35.9 Å². The Balaban J connectivity index is 1.90. The molecule has 0 radical (unpaired) electrons. The van der Waals surface area contributed by atoms with Crippen LogP contribution in [0.25, 0.3) is 0 Å². The van der Waals surface area contributed by atoms with Gasteiger partial charge in [-0.05, 0) is 43.2 Å². The van der Waals surface area contributed by atoms with Gasteiger partial charge in [-0.25, -0.2) is 0 Å². The van der Waals surface area contributed by atoms with Gasteiger partial charge < -0.3 is 15.0 Å². The summed E-state index contributed by atoms with van der Waals surface area (Å²) < 4.78 is 5.72. The van der Waals surface area contributed by atoms with E-state index in [2.05, 4.69) is 5.32 Å². The van der Waals surface area contributed by atoms with Crippen LogP contribution in [0.3, 0.4) is 0 Å². The number of halogens is 2. The maximum absolute atomic E-state index is 13.5. The van der Waals surface area contributed by atoms with Crippen molar-refractivity contribution in [2.75, 3.05) is 13.2 Å². The molecule has 5 nitrogen and oxygen atoms in total. The van der Waals surface area contributed by atoms with Gasteiger partial charge in [0.25, 0.3) is 5.91 Å². The third-order valence-corrected chi connectivity index (χ3v) is 5.83. The van der Waals surface area contributed by atoms with Crippen molar-refractivity contribution in [3.05, 3.63) is 99.5 Å². The Hall–Kier alpha value is -3.02. The Labute approximate surface area is 210 Å². The first-order valence-electron chi connectivity index (χ1n) is 11.1. The van der Waals surface area contributed by atoms with Crippen molar-refractivity contribution >= 4 is 35.0 Å². The molecule has 0 aliphatic carbocycles. The van der Waals surface area contributed by atoms with Gasteiger partial charge in [0.2, 0.25) is 5.91 Å². The number of likely N-dealkylation sites (N-methyl/N-ethyl adjacent to an activating group) is 1. The summed E-state index contributed by atoms with van der Waals surface area (Å²) in [6.45, 7) is 4.32. The van der Waals surface area contributed by atoms with E-state index < -0.39 is 6.04 Å². The molecule has 3 rings (SSSR count). The number of benzene rings is 3. The standard InChI is InChI=1S/C27H28Cl2N2O3/c1-3-30-27(33)24(15-20-9-5-4-6-10-20)31(17-21-11-7-8-19(2)14-21)26(32)18-34-25-13-12-22(28)16-23(25)29/h4-14,16,24H,3,15,17-18H2,1-2H3,(H,30,33)/t24-/m1/s1. The van der Waals surface area contributed by atoms with E-state index in [0.29, 0.717) is 28.8 Å². The number of carbonyl (C=O) groups is 2. The number of rotatable bonds is 10. The Morgan fingerprint density at radius 1 is 0.971 bits per heavy atom. The molecule has 1 N–H and O–H groups in total. The number of nitrogens with zero attached hydrogens (tertiary/aromatic N) is 1. The zero-order chi connectivity index (χ0) is 24.5. The van der Waals surface area contributed by atoms with E-state index in [9.17, 15) is 9.59 Å². The molecule has 0 spiro atoms. The molecule has 0 fully saturated rings. The molecule has 3 aromatic carbocycles. The molecule has 0 aromatic heterocycles. The van der Waals surface area contributed by atoms with E-state index >= 15 is 0 Å². The second kappa shape index (κ2) is 12.4. The average molecular weight is 499 g/mol. The molecule has 0 heterocycles. The molecule has 7 heteroatoms. The van der Waals surface area contributed by atoms with Gasteiger partial charge in [0, 0.05) is 24.5 Å². The molecule has 0 aliphatic heterocycles. The number of nitrogens with one attached hydrogen (secondary N) is 1. The highest BCUT2D eigenvalue weighted by Crippen LogP contribution is 2.27. The van der Waals surface area contributed by atoms with Crippen molar-refractivity contribution in [3.8, 4) is 5.75 Å². The van der Waals surface area contributed by atoms with Gasteiger partial charge in [0.15, 0.2) is 6.61 Å². The second-order valence-corrected chi connectivity index (χ2v) is 8.82. The fourth-order valence-electron chi connectivity index (χ4n) is 3.67. The third-order valence-electron chi connectivity index (χ3n) is 5.30. The lowest BCUT2D eigenvalue weighted by atomic mass is 10.0. The summed E-state index contributed by atoms with van der Waals surface area (Å²) in [4.78, 5) is 28.2. The van der Waals surface area contributed by atoms with Gasteiger partial charge in [0.1, 0.15) is 11.8 Å². The first-order chi connectivity index (χ1) is 16.4. The van der Waals surface area contributed by atoms with Crippen molar-refractivity contribution in [2.45, 2.75) is 32.9 Å². The minimum Gasteiger partial charge on any atom is -0.482 e. The molecule has 2 amide bonds. The number of amides is 2. The number of aryl methyl sites for hydroxylation is 1. The fourth-order valence-corrected chi connectivity index (χ4v) is 4.13. The Kier molecular flexibility index (Phi) is 9.37. The Morgan fingerprint density at radius 3 is 2.38 bits per heavy atom. The van der Waals surface area contributed by atoms with Crippen molar-refractivity contribution < 1.29 is 14.3 Å². The minimum atomic E-state index is -0.709. The summed E-state index contributed by atoms with van der Waals surface area (Å²) in [6.07, 6.45) is 0.381. The topological polar surface area (TPSA) is 58.6 Å². The first-order valence-corrected chi connectivity index (χ1v) is 11.9. The highest BCUT2D eigenvalue weighted by molar-refractivity contribution is 6.35. The van der Waals surface area contributed by atoms with Gasteiger partial charge >= 0.3 is 0 Å². The third kappa shape index (κ3) is 7.24. The van der Waals surface area contributed by atoms with Crippen LogP contribution in [0.4, 0.5) is 0 Å². The minimum absolute atomic E-state index is 0.211. The Bertz CT molecular complexity index is 1120. The van der Waals surface area contributed by atoms with Gasteiger partial charge in [0.05, 0.1) is 5.02 Å². The number of hydrogen-bond donors (Lipinski definition) is 1. The Morgan fingerprint density at radius 2 is 1.71 bits per heavy atom. The van der Waals surface area contributed by atoms with E-state index in [1.54, 1.807) is 23.1 Å². The summed E-state index contributed by atoms with van der Waals surface area (Å²) in [6, 6.07) is 21.7. The summed E-state index contributed by atoms with van der Waals surface area (Å²) in [5.74, 6) is -0.177. The van der Waals surface area contributed by atoms with Crippen LogP contribution in [0.5, 0.6) is 5.75 Å². The summed E-state index contributed by atoms with van der Waals surface area (Å²) in [5, 5.41) is 3.67. The van der Waals surface area contributed by atoms with Crippen LogP contribution in [-0.2, 0) is 22.6 Å². The van der Waals surface area contributed by atoms with Gasteiger partial charge in [-0.3, -0.25) is 9.59 Å². The van der Waals surface area contributed by atoms with E-state index in [0.717, 1.165) is 16.7 Å². The monoisotopic (exact) mass is 498 g/mol. The van der Waals surface area contributed by atoms with Crippen molar-refractivity contribution in [2.24, 2.45) is 0 Å². The molecule has 178 valence electrons. The molecule has 1 atom stereocenters. The highest BCUT2D eigenvalue weighted by atomic mass is 35.5. The van der Waals surface area contributed by atoms with Crippen LogP contribution >= 0.6 is 23.2 Å². The van der Waals surface area contributed by atoms with E-state index in [4.69, 9.17) is 27.9 Å². The van der Waals surface area contributed by atoms with Crippen LogP contribution in [0, 0.1) is 6.92 Å². The van der Waals surface area contributed by atoms with Crippen LogP contribution in [0.1, 0.15) is 23.6 Å². The highest BCUT2D eigenvalue weighted by Gasteiger charge is 2.30. The van der Waals surface area contributed by atoms with Gasteiger partial charge in [-0.1, -0.05) is 83.4 Å². The summed E-state index contributed by atoms with van der Waals surface area (Å²) in [7, 11) is 0. The zero-order valence-electron chi connectivity index (χ0n) is 19.3. The van der Waals surface area contributed by atoms with Gasteiger partial charge in [-0.2, -0.15) is 0 Å². The van der Waals surface area contributed by atoms with Crippen LogP contribution < -0.4 is 10.1 Å². The van der Waals surface area contributed by atoms with Gasteiger partial charge in [-0.15, -0.1) is 0 Å². The summed E-state index contributed by atoms with van der Waals surface area (Å²) >= 11 is 12.2. The predicted molar refractivity (Wildman–Crippen MR) is 136 cm³/mol. The quantitative estimate of drug-likeness (QED) is 0.403. The van der Waals surface area contributed by atoms with Crippen molar-refractivity contribution in [3.63, 3.8) is 0 Å². The predicted octanol–water partition coefficient (Wildman–Crippen LogP) is 5.46. The second-order valence-electron chi connectivity index (χ2n) is 7.97. The normalized spacial score (nSPS) is 11.5. The largest absolute Gasteiger partial charge is 0.482 e. The van der Waals surface area contributed by atoms with Crippen LogP contribution in [0.2, 0.25) is 10.0 Å². The molecule has 0 saturated carbocycles. The smallest absolute Gasteiger partial charge is 0.261 e. The first kappa shape index (κ1) is 25.6. The molecule has 0 bridgehead atoms. The molecular weight excluding hydrogens is 471 g/mol. The van der Waals surface area contributed by atoms with E-state index in [1.165, 1.54) is 0 Å². The molecule has 0 unspecified atom stereocenters. The maximum atomic E-state index is 13.5. The molecule has 0 saturated heterocycles. The lowest BCUT2D eigenvalue weighted by Crippen LogP contribution is -2.51. The number of carbonyl (C=O) groups excluding carboxylic acids is 2. The van der Waals surface area contributed by atoms with Crippen molar-refractivity contribution in [1.82, 2.24) is 10.2 Å². The molecular formula is C27H28Cl2N2O3. The van der Waals surface area contributed by atoms with Crippen LogP contribution in [0.15, 0.2) is 72.8 Å². The average Bonchev–Trinajstić information content (AvgIpc) is 2.81. The summed E-state index contributed by atoms with van der Waals surface area (Å²) in [5.41, 5.74) is 2.97. The lowest BCUT2D eigenvalue weighted by Gasteiger charge is -2.31. The fraction of sp³-hybridized carbons (Fsp3) is 0.259. The zero-order valence-corrected chi connectivity index (χ0v) is 20.8. The molecule has 34 heavy (non-hydrogen) atoms. The maximum Gasteiger partial charge on any atom is 0.261 e. The molecule has 0 aliphatic rings. The lowest BCUT2D eigenvalue weighted by molar-refractivity contribution is -0.142. The van der Waals surface area contributed by atoms with E-state index in [-0.39, 0.29) is 25.0 Å². The van der Waals surface area contributed by atoms with Crippen molar-refractivity contribution in [1.29, 1.82) is 0 Å².